The van der Waals surface area contributed by atoms with Crippen LogP contribution in [0.15, 0.2) is 0 Å². The molecule has 6 nitrogen and oxygen atoms in total. The second-order valence-electron chi connectivity index (χ2n) is 6.97. The van der Waals surface area contributed by atoms with Crippen LogP contribution in [0.3, 0.4) is 0 Å². The highest BCUT2D eigenvalue weighted by Gasteiger charge is 2.31. The molecule has 1 saturated heterocycles. The number of carbonyl (C=O) groups is 2. The van der Waals surface area contributed by atoms with Gasteiger partial charge in [-0.1, -0.05) is 26.7 Å². The van der Waals surface area contributed by atoms with Crippen LogP contribution in [0, 0.1) is 11.8 Å². The Labute approximate surface area is 133 Å². The highest BCUT2D eigenvalue weighted by atomic mass is 16.2. The van der Waals surface area contributed by atoms with Gasteiger partial charge in [0.1, 0.15) is 0 Å². The fourth-order valence-electron chi connectivity index (χ4n) is 3.42. The first-order valence-electron chi connectivity index (χ1n) is 8.41. The molecule has 0 spiro atoms. The van der Waals surface area contributed by atoms with E-state index in [1.54, 1.807) is 23.9 Å². The average Bonchev–Trinajstić information content (AvgIpc) is 2.51. The van der Waals surface area contributed by atoms with E-state index in [1.807, 2.05) is 4.90 Å². The van der Waals surface area contributed by atoms with Crippen LogP contribution in [0.25, 0.3) is 0 Å². The molecular weight excluding hydrogens is 280 g/mol. The highest BCUT2D eigenvalue weighted by Crippen LogP contribution is 2.29. The van der Waals surface area contributed by atoms with Gasteiger partial charge in [0, 0.05) is 46.3 Å². The van der Waals surface area contributed by atoms with Crippen LogP contribution in [-0.2, 0) is 0 Å². The van der Waals surface area contributed by atoms with Gasteiger partial charge in [-0.3, -0.25) is 0 Å². The molecule has 1 saturated carbocycles. The van der Waals surface area contributed by atoms with E-state index in [9.17, 15) is 9.59 Å². The first-order chi connectivity index (χ1) is 10.4. The first kappa shape index (κ1) is 16.9. The van der Waals surface area contributed by atoms with Crippen LogP contribution in [0.2, 0.25) is 0 Å². The predicted octanol–water partition coefficient (Wildman–Crippen LogP) is 1.82. The Morgan fingerprint density at radius 1 is 1.00 bits per heavy atom. The normalized spacial score (nSPS) is 29.2. The predicted molar refractivity (Wildman–Crippen MR) is 86.7 cm³/mol. The number of carbonyl (C=O) groups excluding carboxylic acids is 2. The van der Waals surface area contributed by atoms with Crippen LogP contribution >= 0.6 is 0 Å². The molecule has 0 bridgehead atoms. The van der Waals surface area contributed by atoms with Gasteiger partial charge in [-0.25, -0.2) is 9.59 Å². The number of nitrogens with one attached hydrogen (secondary N) is 1. The Bertz CT molecular complexity index is 405. The largest absolute Gasteiger partial charge is 0.335 e. The molecule has 3 unspecified atom stereocenters. The Kier molecular flexibility index (Phi) is 5.53. The third-order valence-corrected chi connectivity index (χ3v) is 5.24. The van der Waals surface area contributed by atoms with Crippen molar-refractivity contribution in [1.82, 2.24) is 20.0 Å². The van der Waals surface area contributed by atoms with Gasteiger partial charge in [0.05, 0.1) is 0 Å². The molecule has 1 N–H and O–H groups in total. The molecule has 22 heavy (non-hydrogen) atoms. The topological polar surface area (TPSA) is 55.9 Å². The summed E-state index contributed by atoms with van der Waals surface area (Å²) in [6.45, 7) is 6.96. The number of nitrogens with zero attached hydrogens (tertiary/aromatic N) is 3. The minimum atomic E-state index is 0.0229. The number of hydrogen-bond donors (Lipinski definition) is 1. The van der Waals surface area contributed by atoms with Crippen LogP contribution in [0.1, 0.15) is 33.1 Å². The van der Waals surface area contributed by atoms with E-state index in [0.717, 1.165) is 6.42 Å². The molecule has 3 atom stereocenters. The van der Waals surface area contributed by atoms with E-state index in [0.29, 0.717) is 38.0 Å². The molecule has 1 aliphatic carbocycles. The van der Waals surface area contributed by atoms with Crippen LogP contribution < -0.4 is 5.32 Å². The lowest BCUT2D eigenvalue weighted by Crippen LogP contribution is -2.57. The van der Waals surface area contributed by atoms with Crippen LogP contribution in [-0.4, -0.2) is 73.1 Å². The van der Waals surface area contributed by atoms with Crippen molar-refractivity contribution < 1.29 is 9.59 Å². The van der Waals surface area contributed by atoms with Gasteiger partial charge >= 0.3 is 12.1 Å². The fraction of sp³-hybridized carbons (Fsp3) is 0.875. The van der Waals surface area contributed by atoms with Crippen molar-refractivity contribution >= 4 is 12.1 Å². The molecule has 2 fully saturated rings. The van der Waals surface area contributed by atoms with Gasteiger partial charge in [0.2, 0.25) is 0 Å². The standard InChI is InChI=1S/C16H30N4O2/c1-12-6-5-7-14(13(12)2)17-15(21)19-8-10-20(11-9-19)16(22)18(3)4/h12-14H,5-11H2,1-4H3,(H,17,21). The molecular formula is C16H30N4O2. The smallest absolute Gasteiger partial charge is 0.319 e. The second kappa shape index (κ2) is 7.20. The van der Waals surface area contributed by atoms with Gasteiger partial charge in [0.25, 0.3) is 0 Å². The van der Waals surface area contributed by atoms with E-state index < -0.39 is 0 Å². The zero-order valence-electron chi connectivity index (χ0n) is 14.3. The van der Waals surface area contributed by atoms with Crippen LogP contribution in [0.4, 0.5) is 9.59 Å². The minimum Gasteiger partial charge on any atom is -0.335 e. The third kappa shape index (κ3) is 3.84. The maximum absolute atomic E-state index is 12.4. The second-order valence-corrected chi connectivity index (χ2v) is 6.97. The number of piperazine rings is 1. The maximum atomic E-state index is 12.4. The SMILES string of the molecule is CC1CCCC(NC(=O)N2CCN(C(=O)N(C)C)CC2)C1C. The zero-order valence-corrected chi connectivity index (χ0v) is 14.3. The molecule has 2 aliphatic rings. The molecule has 0 aromatic rings. The lowest BCUT2D eigenvalue weighted by Gasteiger charge is -2.39. The number of hydrogen-bond acceptors (Lipinski definition) is 2. The van der Waals surface area contributed by atoms with Crippen molar-refractivity contribution in [2.24, 2.45) is 11.8 Å². The number of amides is 4. The average molecular weight is 310 g/mol. The minimum absolute atomic E-state index is 0.0229. The van der Waals surface area contributed by atoms with Crippen LogP contribution in [0.5, 0.6) is 0 Å². The Morgan fingerprint density at radius 3 is 2.18 bits per heavy atom. The molecule has 1 aliphatic heterocycles. The Balaban J connectivity index is 1.81. The molecule has 6 heteroatoms. The number of rotatable bonds is 1. The molecule has 0 radical (unpaired) electrons. The summed E-state index contributed by atoms with van der Waals surface area (Å²) >= 11 is 0. The monoisotopic (exact) mass is 310 g/mol. The Morgan fingerprint density at radius 2 is 1.59 bits per heavy atom. The fourth-order valence-corrected chi connectivity index (χ4v) is 3.42. The Hall–Kier alpha value is -1.46. The van der Waals surface area contributed by atoms with Gasteiger partial charge in [-0.15, -0.1) is 0 Å². The van der Waals surface area contributed by atoms with E-state index in [1.165, 1.54) is 12.8 Å². The lowest BCUT2D eigenvalue weighted by molar-refractivity contribution is 0.122. The molecule has 2 rings (SSSR count). The van der Waals surface area contributed by atoms with Crippen molar-refractivity contribution in [2.45, 2.75) is 39.2 Å². The number of urea groups is 2. The summed E-state index contributed by atoms with van der Waals surface area (Å²) in [6.07, 6.45) is 3.54. The molecule has 0 aromatic carbocycles. The summed E-state index contributed by atoms with van der Waals surface area (Å²) in [4.78, 5) is 29.6. The highest BCUT2D eigenvalue weighted by molar-refractivity contribution is 5.76. The van der Waals surface area contributed by atoms with E-state index >= 15 is 0 Å². The lowest BCUT2D eigenvalue weighted by atomic mass is 9.78. The van der Waals surface area contributed by atoms with Crippen molar-refractivity contribution in [2.75, 3.05) is 40.3 Å². The van der Waals surface area contributed by atoms with E-state index in [4.69, 9.17) is 0 Å². The van der Waals surface area contributed by atoms with E-state index in [2.05, 4.69) is 19.2 Å². The summed E-state index contributed by atoms with van der Waals surface area (Å²) in [6, 6.07) is 0.343. The van der Waals surface area contributed by atoms with Gasteiger partial charge in [0.15, 0.2) is 0 Å². The summed E-state index contributed by atoms with van der Waals surface area (Å²) in [5.74, 6) is 1.21. The maximum Gasteiger partial charge on any atom is 0.319 e. The summed E-state index contributed by atoms with van der Waals surface area (Å²) < 4.78 is 0. The summed E-state index contributed by atoms with van der Waals surface area (Å²) in [5.41, 5.74) is 0. The quantitative estimate of drug-likeness (QED) is 0.803. The van der Waals surface area contributed by atoms with Gasteiger partial charge in [-0.05, 0) is 18.3 Å². The summed E-state index contributed by atoms with van der Waals surface area (Å²) in [5, 5.41) is 3.21. The third-order valence-electron chi connectivity index (χ3n) is 5.24. The molecule has 4 amide bonds. The molecule has 126 valence electrons. The van der Waals surface area contributed by atoms with Gasteiger partial charge < -0.3 is 20.0 Å². The van der Waals surface area contributed by atoms with Crippen molar-refractivity contribution in [3.63, 3.8) is 0 Å². The van der Waals surface area contributed by atoms with Crippen molar-refractivity contribution in [1.29, 1.82) is 0 Å². The summed E-state index contributed by atoms with van der Waals surface area (Å²) in [7, 11) is 3.51. The molecule has 0 aromatic heterocycles. The van der Waals surface area contributed by atoms with Crippen molar-refractivity contribution in [3.05, 3.63) is 0 Å². The van der Waals surface area contributed by atoms with Gasteiger partial charge in [-0.2, -0.15) is 0 Å². The molecule has 1 heterocycles. The first-order valence-corrected chi connectivity index (χ1v) is 8.41. The van der Waals surface area contributed by atoms with Crippen molar-refractivity contribution in [3.8, 4) is 0 Å². The van der Waals surface area contributed by atoms with E-state index in [-0.39, 0.29) is 18.1 Å². The zero-order chi connectivity index (χ0) is 16.3.